The highest BCUT2D eigenvalue weighted by Crippen LogP contribution is 2.09. The van der Waals surface area contributed by atoms with Gasteiger partial charge in [0.05, 0.1) is 6.54 Å². The Balaban J connectivity index is 2.52. The van der Waals surface area contributed by atoms with Crippen LogP contribution in [-0.4, -0.2) is 35.1 Å². The van der Waals surface area contributed by atoms with Crippen LogP contribution in [0.3, 0.4) is 0 Å². The van der Waals surface area contributed by atoms with Crippen LogP contribution >= 0.6 is 0 Å². The van der Waals surface area contributed by atoms with Crippen molar-refractivity contribution in [1.82, 2.24) is 10.2 Å². The SMILES string of the molecule is CCCCC(NC(=O)N(C)Cc1ccc(C)o1)C(=O)O. The molecule has 0 aliphatic heterocycles. The molecule has 2 amide bonds. The van der Waals surface area contributed by atoms with Gasteiger partial charge >= 0.3 is 12.0 Å². The number of urea groups is 1. The molecule has 1 heterocycles. The lowest BCUT2D eigenvalue weighted by Crippen LogP contribution is -2.46. The molecule has 2 N–H and O–H groups in total. The van der Waals surface area contributed by atoms with Gasteiger partial charge in [-0.25, -0.2) is 9.59 Å². The van der Waals surface area contributed by atoms with E-state index in [0.29, 0.717) is 18.7 Å². The van der Waals surface area contributed by atoms with E-state index >= 15 is 0 Å². The highest BCUT2D eigenvalue weighted by Gasteiger charge is 2.21. The molecule has 0 saturated heterocycles. The van der Waals surface area contributed by atoms with Crippen molar-refractivity contribution in [3.63, 3.8) is 0 Å². The largest absolute Gasteiger partial charge is 0.480 e. The number of aryl methyl sites for hydroxylation is 1. The summed E-state index contributed by atoms with van der Waals surface area (Å²) >= 11 is 0. The predicted octanol–water partition coefficient (Wildman–Crippen LogP) is 2.37. The number of furan rings is 1. The number of hydrogen-bond acceptors (Lipinski definition) is 3. The molecule has 0 aliphatic rings. The Morgan fingerprint density at radius 1 is 1.45 bits per heavy atom. The van der Waals surface area contributed by atoms with Crippen LogP contribution in [0.5, 0.6) is 0 Å². The summed E-state index contributed by atoms with van der Waals surface area (Å²) in [7, 11) is 1.60. The van der Waals surface area contributed by atoms with Gasteiger partial charge < -0.3 is 19.7 Å². The number of carboxylic acids is 1. The van der Waals surface area contributed by atoms with Gasteiger partial charge in [-0.1, -0.05) is 19.8 Å². The van der Waals surface area contributed by atoms with Crippen molar-refractivity contribution in [2.24, 2.45) is 0 Å². The summed E-state index contributed by atoms with van der Waals surface area (Å²) in [5, 5.41) is 11.6. The molecule has 1 aromatic heterocycles. The summed E-state index contributed by atoms with van der Waals surface area (Å²) in [4.78, 5) is 24.4. The number of unbranched alkanes of at least 4 members (excludes halogenated alkanes) is 1. The van der Waals surface area contributed by atoms with Gasteiger partial charge in [-0.15, -0.1) is 0 Å². The van der Waals surface area contributed by atoms with Crippen LogP contribution in [0.4, 0.5) is 4.79 Å². The van der Waals surface area contributed by atoms with Crippen LogP contribution in [0.25, 0.3) is 0 Å². The predicted molar refractivity (Wildman–Crippen MR) is 74.4 cm³/mol. The van der Waals surface area contributed by atoms with Crippen LogP contribution < -0.4 is 5.32 Å². The van der Waals surface area contributed by atoms with Crippen molar-refractivity contribution in [2.45, 2.75) is 45.7 Å². The highest BCUT2D eigenvalue weighted by atomic mass is 16.4. The Hall–Kier alpha value is -1.98. The smallest absolute Gasteiger partial charge is 0.326 e. The zero-order valence-electron chi connectivity index (χ0n) is 12.2. The summed E-state index contributed by atoms with van der Waals surface area (Å²) in [5.41, 5.74) is 0. The van der Waals surface area contributed by atoms with E-state index in [0.717, 1.165) is 18.6 Å². The lowest BCUT2D eigenvalue weighted by Gasteiger charge is -2.20. The normalized spacial score (nSPS) is 11.9. The highest BCUT2D eigenvalue weighted by molar-refractivity contribution is 5.82. The van der Waals surface area contributed by atoms with E-state index in [1.165, 1.54) is 4.90 Å². The van der Waals surface area contributed by atoms with E-state index < -0.39 is 18.0 Å². The zero-order chi connectivity index (χ0) is 15.1. The Morgan fingerprint density at radius 3 is 2.65 bits per heavy atom. The van der Waals surface area contributed by atoms with Crippen LogP contribution in [0.15, 0.2) is 16.5 Å². The molecule has 112 valence electrons. The Bertz CT molecular complexity index is 456. The summed E-state index contributed by atoms with van der Waals surface area (Å²) in [6, 6.07) is 2.36. The minimum atomic E-state index is -1.01. The fraction of sp³-hybridized carbons (Fsp3) is 0.571. The molecule has 0 fully saturated rings. The Morgan fingerprint density at radius 2 is 2.15 bits per heavy atom. The Labute approximate surface area is 118 Å². The minimum Gasteiger partial charge on any atom is -0.480 e. The average molecular weight is 282 g/mol. The quantitative estimate of drug-likeness (QED) is 0.804. The second-order valence-electron chi connectivity index (χ2n) is 4.85. The number of amides is 2. The molecule has 0 saturated carbocycles. The molecule has 0 aliphatic carbocycles. The third kappa shape index (κ3) is 4.95. The van der Waals surface area contributed by atoms with Gasteiger partial charge in [-0.2, -0.15) is 0 Å². The second-order valence-corrected chi connectivity index (χ2v) is 4.85. The summed E-state index contributed by atoms with van der Waals surface area (Å²) in [5.74, 6) is 0.440. The third-order valence-corrected chi connectivity index (χ3v) is 2.98. The van der Waals surface area contributed by atoms with Gasteiger partial charge in [0.1, 0.15) is 17.6 Å². The number of nitrogens with one attached hydrogen (secondary N) is 1. The first kappa shape index (κ1) is 16.1. The van der Waals surface area contributed by atoms with E-state index in [9.17, 15) is 9.59 Å². The maximum absolute atomic E-state index is 11.9. The van der Waals surface area contributed by atoms with Gasteiger partial charge in [0, 0.05) is 7.05 Å². The number of hydrogen-bond donors (Lipinski definition) is 2. The van der Waals surface area contributed by atoms with Gasteiger partial charge in [0.2, 0.25) is 0 Å². The number of carboxylic acid groups (broad SMARTS) is 1. The molecule has 0 spiro atoms. The molecule has 1 unspecified atom stereocenters. The number of rotatable bonds is 7. The lowest BCUT2D eigenvalue weighted by molar-refractivity contribution is -0.139. The van der Waals surface area contributed by atoms with Crippen molar-refractivity contribution in [2.75, 3.05) is 7.05 Å². The zero-order valence-corrected chi connectivity index (χ0v) is 12.2. The molecule has 6 heteroatoms. The van der Waals surface area contributed by atoms with Crippen molar-refractivity contribution in [1.29, 1.82) is 0 Å². The van der Waals surface area contributed by atoms with Crippen molar-refractivity contribution in [3.8, 4) is 0 Å². The topological polar surface area (TPSA) is 82.8 Å². The van der Waals surface area contributed by atoms with Crippen LogP contribution in [0.1, 0.15) is 37.7 Å². The lowest BCUT2D eigenvalue weighted by atomic mass is 10.1. The maximum Gasteiger partial charge on any atom is 0.326 e. The average Bonchev–Trinajstić information content (AvgIpc) is 2.79. The molecular formula is C14H22N2O4. The molecule has 1 rings (SSSR count). The molecule has 1 aromatic rings. The van der Waals surface area contributed by atoms with Crippen LogP contribution in [-0.2, 0) is 11.3 Å². The van der Waals surface area contributed by atoms with Crippen LogP contribution in [0.2, 0.25) is 0 Å². The Kier molecular flexibility index (Phi) is 6.09. The summed E-state index contributed by atoms with van der Waals surface area (Å²) in [6.45, 7) is 4.11. The van der Waals surface area contributed by atoms with E-state index in [4.69, 9.17) is 9.52 Å². The summed E-state index contributed by atoms with van der Waals surface area (Å²) in [6.07, 6.45) is 2.09. The van der Waals surface area contributed by atoms with Crippen LogP contribution in [0, 0.1) is 6.92 Å². The number of nitrogens with zero attached hydrogens (tertiary/aromatic N) is 1. The fourth-order valence-corrected chi connectivity index (χ4v) is 1.80. The van der Waals surface area contributed by atoms with Gasteiger partial charge in [-0.05, 0) is 25.5 Å². The van der Waals surface area contributed by atoms with E-state index in [2.05, 4.69) is 5.32 Å². The van der Waals surface area contributed by atoms with E-state index in [1.807, 2.05) is 19.9 Å². The first-order chi connectivity index (χ1) is 9.43. The standard InChI is InChI=1S/C14H22N2O4/c1-4-5-6-12(13(17)18)15-14(19)16(3)9-11-8-7-10(2)20-11/h7-8,12H,4-6,9H2,1-3H3,(H,15,19)(H,17,18). The molecule has 6 nitrogen and oxygen atoms in total. The number of carbonyl (C=O) groups excluding carboxylic acids is 1. The minimum absolute atomic E-state index is 0.305. The molecule has 20 heavy (non-hydrogen) atoms. The summed E-state index contributed by atoms with van der Waals surface area (Å²) < 4.78 is 5.38. The third-order valence-electron chi connectivity index (χ3n) is 2.98. The maximum atomic E-state index is 11.9. The van der Waals surface area contributed by atoms with E-state index in [-0.39, 0.29) is 0 Å². The van der Waals surface area contributed by atoms with Crippen molar-refractivity contribution in [3.05, 3.63) is 23.7 Å². The van der Waals surface area contributed by atoms with E-state index in [1.54, 1.807) is 13.1 Å². The van der Waals surface area contributed by atoms with Gasteiger partial charge in [-0.3, -0.25) is 0 Å². The number of aliphatic carboxylic acids is 1. The number of carbonyl (C=O) groups is 2. The first-order valence-corrected chi connectivity index (χ1v) is 6.73. The molecule has 0 bridgehead atoms. The first-order valence-electron chi connectivity index (χ1n) is 6.73. The van der Waals surface area contributed by atoms with Gasteiger partial charge in [0.25, 0.3) is 0 Å². The van der Waals surface area contributed by atoms with Crippen molar-refractivity contribution < 1.29 is 19.1 Å². The van der Waals surface area contributed by atoms with Gasteiger partial charge in [0.15, 0.2) is 0 Å². The fourth-order valence-electron chi connectivity index (χ4n) is 1.80. The molecule has 0 aromatic carbocycles. The monoisotopic (exact) mass is 282 g/mol. The molecular weight excluding hydrogens is 260 g/mol. The van der Waals surface area contributed by atoms with Crippen molar-refractivity contribution >= 4 is 12.0 Å². The second kappa shape index (κ2) is 7.57. The molecule has 0 radical (unpaired) electrons. The molecule has 1 atom stereocenters.